The van der Waals surface area contributed by atoms with Gasteiger partial charge in [0.25, 0.3) is 0 Å². The molecule has 2 rings (SSSR count). The van der Waals surface area contributed by atoms with Crippen LogP contribution in [0.3, 0.4) is 0 Å². The van der Waals surface area contributed by atoms with Gasteiger partial charge >= 0.3 is 0 Å². The topological polar surface area (TPSA) is 20.2 Å². The van der Waals surface area contributed by atoms with Crippen molar-refractivity contribution in [3.8, 4) is 5.75 Å². The Balaban J connectivity index is 2.93. The first-order valence-corrected chi connectivity index (χ1v) is 6.27. The third kappa shape index (κ3) is 1.44. The van der Waals surface area contributed by atoms with Gasteiger partial charge in [-0.15, -0.1) is 11.3 Å². The highest BCUT2D eigenvalue weighted by molar-refractivity contribution is 14.1. The number of hydrogen-bond donors (Lipinski definition) is 1. The smallest absolute Gasteiger partial charge is 0.135 e. The first kappa shape index (κ1) is 9.01. The summed E-state index contributed by atoms with van der Waals surface area (Å²) in [6.07, 6.45) is 0. The van der Waals surface area contributed by atoms with Crippen LogP contribution in [0.15, 0.2) is 17.5 Å². The summed E-state index contributed by atoms with van der Waals surface area (Å²) in [4.78, 5) is 0. The second kappa shape index (κ2) is 3.30. The molecule has 12 heavy (non-hydrogen) atoms. The van der Waals surface area contributed by atoms with Gasteiger partial charge in [-0.2, -0.15) is 0 Å². The SMILES string of the molecule is Oc1csc2cc(I)cc(I)c12. The van der Waals surface area contributed by atoms with E-state index in [1.165, 1.54) is 3.57 Å². The van der Waals surface area contributed by atoms with E-state index in [4.69, 9.17) is 0 Å². The summed E-state index contributed by atoms with van der Waals surface area (Å²) in [5, 5.41) is 12.3. The summed E-state index contributed by atoms with van der Waals surface area (Å²) in [5.74, 6) is 0.399. The average Bonchev–Trinajstić information content (AvgIpc) is 2.31. The third-order valence-electron chi connectivity index (χ3n) is 1.57. The summed E-state index contributed by atoms with van der Waals surface area (Å²) in [7, 11) is 0. The van der Waals surface area contributed by atoms with Gasteiger partial charge < -0.3 is 5.11 Å². The molecule has 1 N–H and O–H groups in total. The molecule has 0 aliphatic heterocycles. The Morgan fingerprint density at radius 2 is 2.00 bits per heavy atom. The second-order valence-corrected chi connectivity index (χ2v) is 5.70. The standard InChI is InChI=1S/C8H4I2OS/c9-4-1-5(10)8-6(11)3-12-7(8)2-4/h1-3,11H. The van der Waals surface area contributed by atoms with E-state index < -0.39 is 0 Å². The third-order valence-corrected chi connectivity index (χ3v) is 3.96. The Hall–Kier alpha value is 0.440. The van der Waals surface area contributed by atoms with Crippen LogP contribution >= 0.6 is 56.5 Å². The maximum Gasteiger partial charge on any atom is 0.135 e. The van der Waals surface area contributed by atoms with Gasteiger partial charge in [-0.05, 0) is 57.3 Å². The molecule has 0 atom stereocenters. The molecule has 0 bridgehead atoms. The molecule has 0 unspecified atom stereocenters. The lowest BCUT2D eigenvalue weighted by atomic mass is 10.2. The quantitative estimate of drug-likeness (QED) is 0.665. The van der Waals surface area contributed by atoms with Gasteiger partial charge in [0.1, 0.15) is 5.75 Å². The Bertz CT molecular complexity index is 436. The number of fused-ring (bicyclic) bond motifs is 1. The van der Waals surface area contributed by atoms with E-state index in [1.54, 1.807) is 16.7 Å². The molecular formula is C8H4I2OS. The molecule has 0 aliphatic carbocycles. The van der Waals surface area contributed by atoms with Gasteiger partial charge in [0.05, 0.1) is 0 Å². The Morgan fingerprint density at radius 1 is 1.25 bits per heavy atom. The van der Waals surface area contributed by atoms with Crippen molar-refractivity contribution in [2.75, 3.05) is 0 Å². The fourth-order valence-corrected chi connectivity index (χ4v) is 4.47. The van der Waals surface area contributed by atoms with Gasteiger partial charge in [0.2, 0.25) is 0 Å². The maximum absolute atomic E-state index is 9.49. The predicted molar refractivity (Wildman–Crippen MR) is 68.9 cm³/mol. The Labute approximate surface area is 101 Å². The van der Waals surface area contributed by atoms with E-state index in [0.29, 0.717) is 5.75 Å². The molecule has 0 aliphatic rings. The fraction of sp³-hybridized carbons (Fsp3) is 0. The van der Waals surface area contributed by atoms with E-state index in [9.17, 15) is 5.11 Å². The molecule has 4 heteroatoms. The van der Waals surface area contributed by atoms with Gasteiger partial charge in [0, 0.05) is 22.6 Å². The number of aromatic hydroxyl groups is 1. The lowest BCUT2D eigenvalue weighted by molar-refractivity contribution is 0.483. The molecule has 0 radical (unpaired) electrons. The number of rotatable bonds is 0. The van der Waals surface area contributed by atoms with Gasteiger partial charge in [-0.3, -0.25) is 0 Å². The van der Waals surface area contributed by atoms with Crippen LogP contribution in [0.4, 0.5) is 0 Å². The van der Waals surface area contributed by atoms with E-state index in [1.807, 2.05) is 0 Å². The fourth-order valence-electron chi connectivity index (χ4n) is 1.07. The van der Waals surface area contributed by atoms with Crippen molar-refractivity contribution in [1.82, 2.24) is 0 Å². The van der Waals surface area contributed by atoms with Gasteiger partial charge in [-0.1, -0.05) is 0 Å². The van der Waals surface area contributed by atoms with Crippen LogP contribution < -0.4 is 0 Å². The summed E-state index contributed by atoms with van der Waals surface area (Å²) in [6.45, 7) is 0. The zero-order valence-electron chi connectivity index (χ0n) is 5.84. The summed E-state index contributed by atoms with van der Waals surface area (Å²) < 4.78 is 3.49. The minimum absolute atomic E-state index is 0.399. The zero-order valence-corrected chi connectivity index (χ0v) is 11.0. The minimum atomic E-state index is 0.399. The second-order valence-electron chi connectivity index (χ2n) is 2.38. The average molecular weight is 402 g/mol. The normalized spacial score (nSPS) is 10.8. The molecule has 1 aromatic carbocycles. The van der Waals surface area contributed by atoms with E-state index >= 15 is 0 Å². The largest absolute Gasteiger partial charge is 0.506 e. The number of thiophene rings is 1. The van der Waals surface area contributed by atoms with Crippen LogP contribution in [0.1, 0.15) is 0 Å². The molecule has 0 saturated carbocycles. The Morgan fingerprint density at radius 3 is 2.75 bits per heavy atom. The molecule has 1 nitrogen and oxygen atoms in total. The summed E-state index contributed by atoms with van der Waals surface area (Å²) in [5.41, 5.74) is 0. The lowest BCUT2D eigenvalue weighted by Gasteiger charge is -1.96. The van der Waals surface area contributed by atoms with Crippen LogP contribution in [-0.4, -0.2) is 5.11 Å². The van der Waals surface area contributed by atoms with Crippen molar-refractivity contribution in [1.29, 1.82) is 0 Å². The van der Waals surface area contributed by atoms with E-state index in [2.05, 4.69) is 57.3 Å². The predicted octanol–water partition coefficient (Wildman–Crippen LogP) is 3.82. The van der Waals surface area contributed by atoms with Crippen LogP contribution in [0.5, 0.6) is 5.75 Å². The first-order chi connectivity index (χ1) is 5.68. The van der Waals surface area contributed by atoms with Crippen molar-refractivity contribution in [3.05, 3.63) is 24.7 Å². The van der Waals surface area contributed by atoms with Gasteiger partial charge in [0.15, 0.2) is 0 Å². The van der Waals surface area contributed by atoms with Crippen LogP contribution in [0, 0.1) is 7.14 Å². The van der Waals surface area contributed by atoms with E-state index in [-0.39, 0.29) is 0 Å². The highest BCUT2D eigenvalue weighted by Gasteiger charge is 2.06. The lowest BCUT2D eigenvalue weighted by Crippen LogP contribution is -1.75. The summed E-state index contributed by atoms with van der Waals surface area (Å²) in [6, 6.07) is 4.15. The molecule has 0 saturated heterocycles. The minimum Gasteiger partial charge on any atom is -0.506 e. The van der Waals surface area contributed by atoms with Crippen molar-refractivity contribution in [3.63, 3.8) is 0 Å². The molecule has 0 amide bonds. The molecule has 62 valence electrons. The molecule has 1 heterocycles. The van der Waals surface area contributed by atoms with Crippen molar-refractivity contribution in [2.24, 2.45) is 0 Å². The highest BCUT2D eigenvalue weighted by atomic mass is 127. The van der Waals surface area contributed by atoms with Crippen molar-refractivity contribution in [2.45, 2.75) is 0 Å². The molecule has 0 spiro atoms. The monoisotopic (exact) mass is 402 g/mol. The van der Waals surface area contributed by atoms with Crippen LogP contribution in [0.25, 0.3) is 10.1 Å². The first-order valence-electron chi connectivity index (χ1n) is 3.23. The highest BCUT2D eigenvalue weighted by Crippen LogP contribution is 2.35. The molecule has 1 aromatic heterocycles. The number of benzene rings is 1. The molecular weight excluding hydrogens is 398 g/mol. The van der Waals surface area contributed by atoms with Crippen LogP contribution in [-0.2, 0) is 0 Å². The molecule has 0 fully saturated rings. The van der Waals surface area contributed by atoms with E-state index in [0.717, 1.165) is 13.7 Å². The Kier molecular flexibility index (Phi) is 2.48. The van der Waals surface area contributed by atoms with Gasteiger partial charge in [-0.25, -0.2) is 0 Å². The zero-order chi connectivity index (χ0) is 8.72. The van der Waals surface area contributed by atoms with Crippen molar-refractivity contribution >= 4 is 66.6 Å². The number of halogens is 2. The number of hydrogen-bond acceptors (Lipinski definition) is 2. The molecule has 2 aromatic rings. The maximum atomic E-state index is 9.49. The van der Waals surface area contributed by atoms with Crippen LogP contribution in [0.2, 0.25) is 0 Å². The van der Waals surface area contributed by atoms with Crippen molar-refractivity contribution < 1.29 is 5.11 Å². The summed E-state index contributed by atoms with van der Waals surface area (Å²) >= 11 is 6.11.